The highest BCUT2D eigenvalue weighted by Crippen LogP contribution is 2.48. The van der Waals surface area contributed by atoms with E-state index in [0.717, 1.165) is 49.9 Å². The maximum absolute atomic E-state index is 12.7. The van der Waals surface area contributed by atoms with Crippen molar-refractivity contribution in [2.75, 3.05) is 26.2 Å². The number of hydrogen-bond donors (Lipinski definition) is 0. The van der Waals surface area contributed by atoms with Gasteiger partial charge in [0.1, 0.15) is 5.76 Å². The monoisotopic (exact) mass is 344 g/mol. The Morgan fingerprint density at radius 3 is 2.54 bits per heavy atom. The first-order valence-corrected chi connectivity index (χ1v) is 8.87. The van der Waals surface area contributed by atoms with Crippen LogP contribution in [0.25, 0.3) is 0 Å². The molecule has 5 heteroatoms. The van der Waals surface area contributed by atoms with Crippen LogP contribution < -0.4 is 0 Å². The summed E-state index contributed by atoms with van der Waals surface area (Å²) in [5, 5.41) is 0.745. The normalized spacial score (nSPS) is 24.1. The summed E-state index contributed by atoms with van der Waals surface area (Å²) in [5.74, 6) is 1.83. The number of nitrogens with zero attached hydrogens (tertiary/aromatic N) is 2. The largest absolute Gasteiger partial charge is 0.468 e. The van der Waals surface area contributed by atoms with Gasteiger partial charge in [-0.15, -0.1) is 0 Å². The van der Waals surface area contributed by atoms with Crippen LogP contribution in [-0.2, 0) is 11.3 Å². The van der Waals surface area contributed by atoms with Gasteiger partial charge in [-0.2, -0.15) is 0 Å². The molecule has 0 bridgehead atoms. The van der Waals surface area contributed by atoms with Crippen LogP contribution in [0.3, 0.4) is 0 Å². The van der Waals surface area contributed by atoms with E-state index in [9.17, 15) is 4.79 Å². The standard InChI is InChI=1S/C19H21ClN2O2/c20-15-5-3-14(4-6-15)17-12-18(17)19(23)22-9-7-21(8-10-22)13-16-2-1-11-24-16/h1-6,11,17-18H,7-10,12-13H2. The summed E-state index contributed by atoms with van der Waals surface area (Å²) in [6, 6.07) is 11.8. The fourth-order valence-corrected chi connectivity index (χ4v) is 3.66. The average molecular weight is 345 g/mol. The molecule has 2 fully saturated rings. The van der Waals surface area contributed by atoms with Crippen LogP contribution >= 0.6 is 11.6 Å². The molecule has 1 amide bonds. The van der Waals surface area contributed by atoms with E-state index in [1.54, 1.807) is 6.26 Å². The summed E-state index contributed by atoms with van der Waals surface area (Å²) in [5.41, 5.74) is 1.23. The Labute approximate surface area is 147 Å². The average Bonchev–Trinajstić information content (AvgIpc) is 3.24. The van der Waals surface area contributed by atoms with Crippen LogP contribution in [0.15, 0.2) is 47.1 Å². The maximum Gasteiger partial charge on any atom is 0.226 e. The minimum Gasteiger partial charge on any atom is -0.468 e. The second kappa shape index (κ2) is 6.61. The second-order valence-corrected chi connectivity index (χ2v) is 7.12. The Morgan fingerprint density at radius 2 is 1.88 bits per heavy atom. The van der Waals surface area contributed by atoms with Crippen molar-refractivity contribution in [2.45, 2.75) is 18.9 Å². The molecule has 2 atom stereocenters. The fourth-order valence-electron chi connectivity index (χ4n) is 3.53. The lowest BCUT2D eigenvalue weighted by molar-refractivity contribution is -0.134. The van der Waals surface area contributed by atoms with Gasteiger partial charge in [-0.25, -0.2) is 0 Å². The van der Waals surface area contributed by atoms with E-state index in [0.29, 0.717) is 11.8 Å². The van der Waals surface area contributed by atoms with Crippen LogP contribution in [-0.4, -0.2) is 41.9 Å². The number of hydrogen-bond acceptors (Lipinski definition) is 3. The zero-order chi connectivity index (χ0) is 16.5. The number of rotatable bonds is 4. The molecule has 2 aromatic rings. The predicted molar refractivity (Wildman–Crippen MR) is 92.9 cm³/mol. The van der Waals surface area contributed by atoms with Gasteiger partial charge in [0.05, 0.1) is 12.8 Å². The van der Waals surface area contributed by atoms with Gasteiger partial charge in [0, 0.05) is 37.1 Å². The fraction of sp³-hybridized carbons (Fsp3) is 0.421. The number of halogens is 1. The third kappa shape index (κ3) is 3.35. The summed E-state index contributed by atoms with van der Waals surface area (Å²) in [6.07, 6.45) is 2.67. The maximum atomic E-state index is 12.7. The van der Waals surface area contributed by atoms with Crippen LogP contribution in [0.1, 0.15) is 23.7 Å². The molecule has 1 aliphatic heterocycles. The molecule has 1 saturated heterocycles. The van der Waals surface area contributed by atoms with Crippen LogP contribution in [0.2, 0.25) is 5.02 Å². The van der Waals surface area contributed by atoms with Crippen molar-refractivity contribution < 1.29 is 9.21 Å². The van der Waals surface area contributed by atoms with E-state index in [1.807, 2.05) is 41.3 Å². The van der Waals surface area contributed by atoms with Crippen LogP contribution in [0.4, 0.5) is 0 Å². The summed E-state index contributed by atoms with van der Waals surface area (Å²) in [7, 11) is 0. The Morgan fingerprint density at radius 1 is 1.12 bits per heavy atom. The number of amides is 1. The third-order valence-corrected chi connectivity index (χ3v) is 5.30. The van der Waals surface area contributed by atoms with E-state index in [4.69, 9.17) is 16.0 Å². The highest BCUT2D eigenvalue weighted by molar-refractivity contribution is 6.30. The summed E-state index contributed by atoms with van der Waals surface area (Å²) < 4.78 is 5.40. The summed E-state index contributed by atoms with van der Waals surface area (Å²) in [4.78, 5) is 17.1. The van der Waals surface area contributed by atoms with Gasteiger partial charge in [-0.05, 0) is 42.2 Å². The van der Waals surface area contributed by atoms with Crippen LogP contribution in [0.5, 0.6) is 0 Å². The molecule has 1 aromatic heterocycles. The van der Waals surface area contributed by atoms with E-state index in [-0.39, 0.29) is 5.92 Å². The number of carbonyl (C=O) groups excluding carboxylic acids is 1. The van der Waals surface area contributed by atoms with Gasteiger partial charge in [0.25, 0.3) is 0 Å². The van der Waals surface area contributed by atoms with E-state index >= 15 is 0 Å². The van der Waals surface area contributed by atoms with Crippen molar-refractivity contribution in [2.24, 2.45) is 5.92 Å². The molecule has 2 unspecified atom stereocenters. The van der Waals surface area contributed by atoms with Gasteiger partial charge < -0.3 is 9.32 Å². The smallest absolute Gasteiger partial charge is 0.226 e. The molecule has 0 spiro atoms. The molecule has 4 rings (SSSR count). The Hall–Kier alpha value is -1.78. The minimum absolute atomic E-state index is 0.155. The van der Waals surface area contributed by atoms with E-state index in [1.165, 1.54) is 5.56 Å². The molecule has 0 radical (unpaired) electrons. The second-order valence-electron chi connectivity index (χ2n) is 6.68. The lowest BCUT2D eigenvalue weighted by Gasteiger charge is -2.34. The molecule has 1 saturated carbocycles. The lowest BCUT2D eigenvalue weighted by Crippen LogP contribution is -2.48. The zero-order valence-corrected chi connectivity index (χ0v) is 14.3. The Balaban J connectivity index is 1.28. The number of piperazine rings is 1. The predicted octanol–water partition coefficient (Wildman–Crippen LogP) is 3.38. The minimum atomic E-state index is 0.155. The van der Waals surface area contributed by atoms with Gasteiger partial charge in [0.15, 0.2) is 0 Å². The van der Waals surface area contributed by atoms with Crippen molar-refractivity contribution in [1.82, 2.24) is 9.80 Å². The summed E-state index contributed by atoms with van der Waals surface area (Å²) in [6.45, 7) is 4.26. The van der Waals surface area contributed by atoms with Gasteiger partial charge in [-0.1, -0.05) is 23.7 Å². The van der Waals surface area contributed by atoms with Crippen molar-refractivity contribution in [1.29, 1.82) is 0 Å². The molecule has 1 aromatic carbocycles. The quantitative estimate of drug-likeness (QED) is 0.853. The molecular formula is C19H21ClN2O2. The first kappa shape index (κ1) is 15.7. The van der Waals surface area contributed by atoms with Crippen molar-refractivity contribution in [3.05, 3.63) is 59.0 Å². The van der Waals surface area contributed by atoms with Crippen molar-refractivity contribution in [3.8, 4) is 0 Å². The zero-order valence-electron chi connectivity index (χ0n) is 13.5. The topological polar surface area (TPSA) is 36.7 Å². The molecule has 0 N–H and O–H groups in total. The molecule has 2 heterocycles. The molecular weight excluding hydrogens is 324 g/mol. The van der Waals surface area contributed by atoms with Gasteiger partial charge in [0.2, 0.25) is 5.91 Å². The van der Waals surface area contributed by atoms with Gasteiger partial charge in [-0.3, -0.25) is 9.69 Å². The van der Waals surface area contributed by atoms with E-state index in [2.05, 4.69) is 4.90 Å². The molecule has 4 nitrogen and oxygen atoms in total. The van der Waals surface area contributed by atoms with E-state index < -0.39 is 0 Å². The number of furan rings is 1. The first-order chi connectivity index (χ1) is 11.7. The molecule has 1 aliphatic carbocycles. The molecule has 24 heavy (non-hydrogen) atoms. The van der Waals surface area contributed by atoms with Gasteiger partial charge >= 0.3 is 0 Å². The summed E-state index contributed by atoms with van der Waals surface area (Å²) >= 11 is 5.94. The number of carbonyl (C=O) groups is 1. The SMILES string of the molecule is O=C(C1CC1c1ccc(Cl)cc1)N1CCN(Cc2ccco2)CC1. The highest BCUT2D eigenvalue weighted by atomic mass is 35.5. The van der Waals surface area contributed by atoms with Crippen molar-refractivity contribution >= 4 is 17.5 Å². The molecule has 2 aliphatic rings. The number of benzene rings is 1. The highest BCUT2D eigenvalue weighted by Gasteiger charge is 2.46. The Kier molecular flexibility index (Phi) is 4.33. The van der Waals surface area contributed by atoms with Crippen LogP contribution in [0, 0.1) is 5.92 Å². The molecule has 126 valence electrons. The van der Waals surface area contributed by atoms with Crippen molar-refractivity contribution in [3.63, 3.8) is 0 Å². The lowest BCUT2D eigenvalue weighted by atomic mass is 10.1. The third-order valence-electron chi connectivity index (χ3n) is 5.05. The first-order valence-electron chi connectivity index (χ1n) is 8.50. The Bertz CT molecular complexity index is 691.